The number of likely N-dealkylation sites (N-methyl/N-ethyl adjacent to an activating group) is 1. The van der Waals surface area contributed by atoms with Crippen LogP contribution >= 0.6 is 0 Å². The highest BCUT2D eigenvalue weighted by Gasteiger charge is 2.12. The summed E-state index contributed by atoms with van der Waals surface area (Å²) in [6, 6.07) is 9.29. The first-order chi connectivity index (χ1) is 9.55. The zero-order valence-corrected chi connectivity index (χ0v) is 11.8. The number of rotatable bonds is 7. The predicted molar refractivity (Wildman–Crippen MR) is 73.7 cm³/mol. The molecule has 1 aromatic carbocycles. The second-order valence-electron chi connectivity index (χ2n) is 4.50. The van der Waals surface area contributed by atoms with Gasteiger partial charge in [0.25, 0.3) is 0 Å². The zero-order valence-electron chi connectivity index (χ0n) is 11.8. The van der Waals surface area contributed by atoms with Gasteiger partial charge in [-0.25, -0.2) is 0 Å². The molecule has 0 spiro atoms. The molecule has 0 saturated carbocycles. The highest BCUT2D eigenvalue weighted by Crippen LogP contribution is 2.07. The van der Waals surface area contributed by atoms with E-state index in [0.29, 0.717) is 12.1 Å². The first-order valence-corrected chi connectivity index (χ1v) is 6.40. The fourth-order valence-electron chi connectivity index (χ4n) is 1.84. The Morgan fingerprint density at radius 2 is 2.15 bits per heavy atom. The van der Waals surface area contributed by atoms with E-state index >= 15 is 0 Å². The minimum atomic E-state index is -0.489. The predicted octanol–water partition coefficient (Wildman–Crippen LogP) is 1.51. The average molecular weight is 274 g/mol. The second kappa shape index (κ2) is 8.08. The van der Waals surface area contributed by atoms with Crippen molar-refractivity contribution >= 4 is 11.8 Å². The molecule has 0 bridgehead atoms. The fraction of sp³-hybridized carbons (Fsp3) is 0.400. The molecule has 0 atom stereocenters. The van der Waals surface area contributed by atoms with E-state index in [-0.39, 0.29) is 25.4 Å². The Bertz CT molecular complexity index is 520. The topological polar surface area (TPSA) is 70.4 Å². The van der Waals surface area contributed by atoms with E-state index in [2.05, 4.69) is 6.07 Å². The highest BCUT2D eigenvalue weighted by atomic mass is 16.5. The van der Waals surface area contributed by atoms with Gasteiger partial charge in [0.2, 0.25) is 0 Å². The minimum absolute atomic E-state index is 0.176. The van der Waals surface area contributed by atoms with Crippen molar-refractivity contribution in [3.63, 3.8) is 0 Å². The van der Waals surface area contributed by atoms with Gasteiger partial charge in [-0.05, 0) is 31.7 Å². The Morgan fingerprint density at radius 3 is 2.80 bits per heavy atom. The molecule has 0 saturated heterocycles. The molecule has 1 aromatic rings. The Hall–Kier alpha value is -2.19. The number of nitriles is 1. The summed E-state index contributed by atoms with van der Waals surface area (Å²) < 4.78 is 4.73. The zero-order chi connectivity index (χ0) is 15.0. The maximum atomic E-state index is 11.7. The first-order valence-electron chi connectivity index (χ1n) is 6.40. The van der Waals surface area contributed by atoms with Gasteiger partial charge in [0.05, 0.1) is 24.8 Å². The van der Waals surface area contributed by atoms with Gasteiger partial charge < -0.3 is 4.74 Å². The third-order valence-electron chi connectivity index (χ3n) is 2.60. The molecule has 1 rings (SSSR count). The van der Waals surface area contributed by atoms with Gasteiger partial charge in [-0.15, -0.1) is 0 Å². The lowest BCUT2D eigenvalue weighted by molar-refractivity contribution is -0.145. The van der Waals surface area contributed by atoms with Crippen molar-refractivity contribution in [2.45, 2.75) is 19.9 Å². The number of hydrogen-bond acceptors (Lipinski definition) is 5. The summed E-state index contributed by atoms with van der Waals surface area (Å²) in [6.07, 6.45) is -0.198. The summed E-state index contributed by atoms with van der Waals surface area (Å²) in [5.41, 5.74) is 1.55. The van der Waals surface area contributed by atoms with Crippen LogP contribution in [0.25, 0.3) is 0 Å². The normalized spacial score (nSPS) is 10.1. The SMILES string of the molecule is CCOC(=O)CC(=O)CN(C)Cc1cccc(C#N)c1. The van der Waals surface area contributed by atoms with Gasteiger partial charge in [-0.1, -0.05) is 12.1 Å². The molecule has 0 amide bonds. The summed E-state index contributed by atoms with van der Waals surface area (Å²) in [4.78, 5) is 24.6. The molecule has 0 aromatic heterocycles. The van der Waals surface area contributed by atoms with Crippen LogP contribution in [-0.4, -0.2) is 36.9 Å². The first kappa shape index (κ1) is 15.9. The second-order valence-corrected chi connectivity index (χ2v) is 4.50. The smallest absolute Gasteiger partial charge is 0.313 e. The van der Waals surface area contributed by atoms with Crippen LogP contribution in [0.2, 0.25) is 0 Å². The van der Waals surface area contributed by atoms with Crippen LogP contribution in [-0.2, 0) is 20.9 Å². The van der Waals surface area contributed by atoms with Gasteiger partial charge >= 0.3 is 5.97 Å². The number of ketones is 1. The Balaban J connectivity index is 2.46. The van der Waals surface area contributed by atoms with Gasteiger partial charge in [-0.3, -0.25) is 14.5 Å². The molecule has 5 nitrogen and oxygen atoms in total. The quantitative estimate of drug-likeness (QED) is 0.557. The van der Waals surface area contributed by atoms with Crippen molar-refractivity contribution in [3.05, 3.63) is 35.4 Å². The number of carbonyl (C=O) groups excluding carboxylic acids is 2. The summed E-state index contributed by atoms with van der Waals surface area (Å²) in [7, 11) is 1.79. The van der Waals surface area contributed by atoms with Crippen LogP contribution in [0, 0.1) is 11.3 Å². The third kappa shape index (κ3) is 5.63. The van der Waals surface area contributed by atoms with E-state index in [1.807, 2.05) is 12.1 Å². The molecular formula is C15H18N2O3. The van der Waals surface area contributed by atoms with Crippen molar-refractivity contribution in [2.24, 2.45) is 0 Å². The van der Waals surface area contributed by atoms with E-state index in [1.165, 1.54) is 0 Å². The fourth-order valence-corrected chi connectivity index (χ4v) is 1.84. The Kier molecular flexibility index (Phi) is 6.41. The summed E-state index contributed by atoms with van der Waals surface area (Å²) in [5.74, 6) is -0.667. The van der Waals surface area contributed by atoms with E-state index in [9.17, 15) is 9.59 Å². The van der Waals surface area contributed by atoms with Crippen molar-refractivity contribution < 1.29 is 14.3 Å². The molecular weight excluding hydrogens is 256 g/mol. The maximum absolute atomic E-state index is 11.7. The molecule has 0 radical (unpaired) electrons. The number of esters is 1. The maximum Gasteiger partial charge on any atom is 0.313 e. The van der Waals surface area contributed by atoms with Crippen molar-refractivity contribution in [2.75, 3.05) is 20.2 Å². The molecule has 0 aliphatic carbocycles. The van der Waals surface area contributed by atoms with E-state index in [1.54, 1.807) is 31.0 Å². The van der Waals surface area contributed by atoms with Crippen molar-refractivity contribution in [3.8, 4) is 6.07 Å². The Labute approximate surface area is 118 Å². The van der Waals surface area contributed by atoms with Gasteiger partial charge in [-0.2, -0.15) is 5.26 Å². The van der Waals surface area contributed by atoms with Crippen molar-refractivity contribution in [1.82, 2.24) is 4.90 Å². The largest absolute Gasteiger partial charge is 0.466 e. The number of nitrogens with zero attached hydrogens (tertiary/aromatic N) is 2. The molecule has 0 fully saturated rings. The molecule has 106 valence electrons. The number of ether oxygens (including phenoxy) is 1. The monoisotopic (exact) mass is 274 g/mol. The van der Waals surface area contributed by atoms with Crippen molar-refractivity contribution in [1.29, 1.82) is 5.26 Å². The summed E-state index contributed by atoms with van der Waals surface area (Å²) in [5, 5.41) is 8.82. The number of benzene rings is 1. The van der Waals surface area contributed by atoms with Crippen LogP contribution in [0.1, 0.15) is 24.5 Å². The molecule has 0 unspecified atom stereocenters. The summed E-state index contributed by atoms with van der Waals surface area (Å²) >= 11 is 0. The van der Waals surface area contributed by atoms with Gasteiger partial charge in [0, 0.05) is 6.54 Å². The highest BCUT2D eigenvalue weighted by molar-refractivity contribution is 5.96. The standard InChI is InChI=1S/C15H18N2O3/c1-3-20-15(19)8-14(18)11-17(2)10-13-6-4-5-12(7-13)9-16/h4-7H,3,8,10-11H2,1-2H3. The third-order valence-corrected chi connectivity index (χ3v) is 2.60. The molecule has 0 aliphatic heterocycles. The Morgan fingerprint density at radius 1 is 1.40 bits per heavy atom. The molecule has 0 aliphatic rings. The minimum Gasteiger partial charge on any atom is -0.466 e. The van der Waals surface area contributed by atoms with Crippen LogP contribution in [0.5, 0.6) is 0 Å². The van der Waals surface area contributed by atoms with E-state index in [4.69, 9.17) is 10.00 Å². The lowest BCUT2D eigenvalue weighted by Crippen LogP contribution is -2.27. The van der Waals surface area contributed by atoms with Crippen LogP contribution in [0.15, 0.2) is 24.3 Å². The number of Topliss-reactive ketones (excluding diaryl/α,β-unsaturated/α-hetero) is 1. The molecule has 5 heteroatoms. The lowest BCUT2D eigenvalue weighted by atomic mass is 10.1. The van der Waals surface area contributed by atoms with Crippen LogP contribution < -0.4 is 0 Å². The average Bonchev–Trinajstić information content (AvgIpc) is 2.38. The lowest BCUT2D eigenvalue weighted by Gasteiger charge is -2.15. The molecule has 0 heterocycles. The van der Waals surface area contributed by atoms with Crippen LogP contribution in [0.3, 0.4) is 0 Å². The molecule has 20 heavy (non-hydrogen) atoms. The number of carbonyl (C=O) groups is 2. The number of hydrogen-bond donors (Lipinski definition) is 0. The van der Waals surface area contributed by atoms with E-state index < -0.39 is 5.97 Å². The van der Waals surface area contributed by atoms with E-state index in [0.717, 1.165) is 5.56 Å². The van der Waals surface area contributed by atoms with Crippen LogP contribution in [0.4, 0.5) is 0 Å². The molecule has 0 N–H and O–H groups in total. The van der Waals surface area contributed by atoms with Gasteiger partial charge in [0.15, 0.2) is 5.78 Å². The summed E-state index contributed by atoms with van der Waals surface area (Å²) in [6.45, 7) is 2.71. The van der Waals surface area contributed by atoms with Gasteiger partial charge in [0.1, 0.15) is 6.42 Å².